The smallest absolute Gasteiger partial charge is 0.330 e. The van der Waals surface area contributed by atoms with E-state index in [4.69, 9.17) is 16.3 Å². The Hall–Kier alpha value is -2.53. The lowest BCUT2D eigenvalue weighted by Crippen LogP contribution is -2.37. The molecule has 6 heteroatoms. The van der Waals surface area contributed by atoms with Crippen LogP contribution in [0.2, 0.25) is 5.02 Å². The monoisotopic (exact) mass is 373 g/mol. The molecule has 1 amide bonds. The molecule has 1 aliphatic rings. The van der Waals surface area contributed by atoms with E-state index in [0.29, 0.717) is 23.6 Å². The van der Waals surface area contributed by atoms with Crippen molar-refractivity contribution < 1.29 is 19.4 Å². The number of fused-ring (bicyclic) bond motifs is 1. The number of nitrogens with one attached hydrogen (secondary N) is 1. The molecule has 0 saturated carbocycles. The van der Waals surface area contributed by atoms with E-state index in [2.05, 4.69) is 5.32 Å². The number of carboxylic acids is 1. The molecule has 5 nitrogen and oxygen atoms in total. The fourth-order valence-corrected chi connectivity index (χ4v) is 3.28. The topological polar surface area (TPSA) is 75.6 Å². The van der Waals surface area contributed by atoms with Crippen LogP contribution >= 0.6 is 11.6 Å². The van der Waals surface area contributed by atoms with Gasteiger partial charge in [-0.3, -0.25) is 4.79 Å². The summed E-state index contributed by atoms with van der Waals surface area (Å²) in [4.78, 5) is 24.2. The second kappa shape index (κ2) is 7.79. The minimum Gasteiger partial charge on any atom is -0.493 e. The first-order chi connectivity index (χ1) is 12.4. The molecule has 2 unspecified atom stereocenters. The first kappa shape index (κ1) is 18.3. The van der Waals surface area contributed by atoms with Gasteiger partial charge in [-0.1, -0.05) is 36.7 Å². The van der Waals surface area contributed by atoms with Crippen molar-refractivity contribution in [1.82, 2.24) is 5.32 Å². The first-order valence-electron chi connectivity index (χ1n) is 8.47. The van der Waals surface area contributed by atoms with Gasteiger partial charge in [0.25, 0.3) is 0 Å². The summed E-state index contributed by atoms with van der Waals surface area (Å²) in [7, 11) is 0. The predicted molar refractivity (Wildman–Crippen MR) is 98.5 cm³/mol. The molecule has 3 rings (SSSR count). The molecule has 0 bridgehead atoms. The van der Waals surface area contributed by atoms with Crippen LogP contribution in [-0.4, -0.2) is 23.6 Å². The van der Waals surface area contributed by atoms with Crippen LogP contribution < -0.4 is 10.1 Å². The van der Waals surface area contributed by atoms with Crippen LogP contribution in [0.5, 0.6) is 5.75 Å². The molecular formula is C20H20ClNO4. The Bertz CT molecular complexity index is 836. The maximum Gasteiger partial charge on any atom is 0.330 e. The van der Waals surface area contributed by atoms with Gasteiger partial charge in [0.1, 0.15) is 5.75 Å². The van der Waals surface area contributed by atoms with Gasteiger partial charge < -0.3 is 15.2 Å². The lowest BCUT2D eigenvalue weighted by molar-refractivity contribution is -0.142. The van der Waals surface area contributed by atoms with Crippen LogP contribution in [0.1, 0.15) is 29.7 Å². The third-order valence-electron chi connectivity index (χ3n) is 4.46. The van der Waals surface area contributed by atoms with Crippen LogP contribution in [0.4, 0.5) is 0 Å². The second-order valence-corrected chi connectivity index (χ2v) is 6.92. The maximum atomic E-state index is 12.5. The van der Waals surface area contributed by atoms with Gasteiger partial charge in [-0.2, -0.15) is 0 Å². The van der Waals surface area contributed by atoms with E-state index in [1.807, 2.05) is 12.1 Å². The van der Waals surface area contributed by atoms with Gasteiger partial charge in [-0.05, 0) is 47.4 Å². The van der Waals surface area contributed by atoms with E-state index < -0.39 is 12.0 Å². The minimum absolute atomic E-state index is 0.311. The summed E-state index contributed by atoms with van der Waals surface area (Å²) in [5, 5.41) is 12.8. The zero-order chi connectivity index (χ0) is 18.7. The Balaban J connectivity index is 1.71. The lowest BCUT2D eigenvalue weighted by Gasteiger charge is -2.19. The standard InChI is InChI=1S/C20H20ClNO4/c1-12(9-13-3-2-4-16(21)10-13)19(23)22-18(20(24)25)15-5-6-17-14(11-15)7-8-26-17/h2-6,10-12,18H,7-9H2,1H3,(H,22,23)(H,24,25). The summed E-state index contributed by atoms with van der Waals surface area (Å²) < 4.78 is 5.44. The number of hydrogen-bond donors (Lipinski definition) is 2. The number of benzene rings is 2. The van der Waals surface area contributed by atoms with Crippen LogP contribution in [-0.2, 0) is 22.4 Å². The van der Waals surface area contributed by atoms with Crippen molar-refractivity contribution in [1.29, 1.82) is 0 Å². The summed E-state index contributed by atoms with van der Waals surface area (Å²) in [5.74, 6) is -1.01. The van der Waals surface area contributed by atoms with Crippen molar-refractivity contribution in [3.8, 4) is 5.75 Å². The Kier molecular flexibility index (Phi) is 5.47. The minimum atomic E-state index is -1.09. The van der Waals surface area contributed by atoms with Crippen molar-refractivity contribution in [2.75, 3.05) is 6.61 Å². The number of rotatable bonds is 6. The molecule has 1 heterocycles. The highest BCUT2D eigenvalue weighted by atomic mass is 35.5. The molecule has 26 heavy (non-hydrogen) atoms. The first-order valence-corrected chi connectivity index (χ1v) is 8.85. The largest absolute Gasteiger partial charge is 0.493 e. The molecule has 2 aromatic carbocycles. The number of halogens is 1. The average molecular weight is 374 g/mol. The van der Waals surface area contributed by atoms with E-state index in [9.17, 15) is 14.7 Å². The summed E-state index contributed by atoms with van der Waals surface area (Å²) in [6, 6.07) is 11.5. The van der Waals surface area contributed by atoms with E-state index in [-0.39, 0.29) is 11.8 Å². The Morgan fingerprint density at radius 3 is 2.81 bits per heavy atom. The molecule has 2 atom stereocenters. The van der Waals surface area contributed by atoms with Gasteiger partial charge in [0.2, 0.25) is 5.91 Å². The molecule has 2 N–H and O–H groups in total. The number of carbonyl (C=O) groups excluding carboxylic acids is 1. The molecular weight excluding hydrogens is 354 g/mol. The van der Waals surface area contributed by atoms with Gasteiger partial charge in [0.15, 0.2) is 6.04 Å². The van der Waals surface area contributed by atoms with E-state index in [1.165, 1.54) is 0 Å². The highest BCUT2D eigenvalue weighted by Gasteiger charge is 2.26. The van der Waals surface area contributed by atoms with Gasteiger partial charge in [-0.15, -0.1) is 0 Å². The third-order valence-corrected chi connectivity index (χ3v) is 4.69. The number of carbonyl (C=O) groups is 2. The number of hydrogen-bond acceptors (Lipinski definition) is 3. The van der Waals surface area contributed by atoms with Crippen molar-refractivity contribution in [2.45, 2.75) is 25.8 Å². The molecule has 0 aliphatic carbocycles. The van der Waals surface area contributed by atoms with Crippen molar-refractivity contribution in [3.05, 3.63) is 64.2 Å². The Morgan fingerprint density at radius 2 is 2.08 bits per heavy atom. The fourth-order valence-electron chi connectivity index (χ4n) is 3.07. The highest BCUT2D eigenvalue weighted by molar-refractivity contribution is 6.30. The fraction of sp³-hybridized carbons (Fsp3) is 0.300. The van der Waals surface area contributed by atoms with Gasteiger partial charge >= 0.3 is 5.97 Å². The molecule has 0 aromatic heterocycles. The van der Waals surface area contributed by atoms with Gasteiger partial charge in [0, 0.05) is 17.4 Å². The highest BCUT2D eigenvalue weighted by Crippen LogP contribution is 2.28. The lowest BCUT2D eigenvalue weighted by atomic mass is 9.98. The number of carboxylic acid groups (broad SMARTS) is 1. The van der Waals surface area contributed by atoms with Gasteiger partial charge in [0.05, 0.1) is 6.61 Å². The van der Waals surface area contributed by atoms with Gasteiger partial charge in [-0.25, -0.2) is 4.79 Å². The van der Waals surface area contributed by atoms with E-state index >= 15 is 0 Å². The third kappa shape index (κ3) is 4.17. The average Bonchev–Trinajstić information content (AvgIpc) is 3.06. The SMILES string of the molecule is CC(Cc1cccc(Cl)c1)C(=O)NC(C(=O)O)c1ccc2c(c1)CCO2. The molecule has 136 valence electrons. The quantitative estimate of drug-likeness (QED) is 0.813. The number of aliphatic carboxylic acids is 1. The van der Waals surface area contributed by atoms with Crippen molar-refractivity contribution in [2.24, 2.45) is 5.92 Å². The Morgan fingerprint density at radius 1 is 1.27 bits per heavy atom. The van der Waals surface area contributed by atoms with Crippen molar-refractivity contribution >= 4 is 23.5 Å². The van der Waals surface area contributed by atoms with Crippen LogP contribution in [0.15, 0.2) is 42.5 Å². The van der Waals surface area contributed by atoms with Crippen LogP contribution in [0, 0.1) is 5.92 Å². The van der Waals surface area contributed by atoms with Crippen LogP contribution in [0.3, 0.4) is 0 Å². The maximum absolute atomic E-state index is 12.5. The molecule has 0 fully saturated rings. The molecule has 2 aromatic rings. The molecule has 0 saturated heterocycles. The molecule has 1 aliphatic heterocycles. The summed E-state index contributed by atoms with van der Waals surface area (Å²) >= 11 is 5.97. The molecule has 0 radical (unpaired) electrons. The zero-order valence-electron chi connectivity index (χ0n) is 14.4. The second-order valence-electron chi connectivity index (χ2n) is 6.48. The Labute approximate surface area is 156 Å². The summed E-state index contributed by atoms with van der Waals surface area (Å²) in [6.07, 6.45) is 1.23. The normalized spacial score (nSPS) is 14.8. The van der Waals surface area contributed by atoms with Crippen LogP contribution in [0.25, 0.3) is 0 Å². The van der Waals surface area contributed by atoms with E-state index in [0.717, 1.165) is 23.3 Å². The summed E-state index contributed by atoms with van der Waals surface area (Å²) in [6.45, 7) is 2.37. The van der Waals surface area contributed by atoms with Crippen molar-refractivity contribution in [3.63, 3.8) is 0 Å². The predicted octanol–water partition coefficient (Wildman–Crippen LogP) is 3.40. The number of ether oxygens (including phenoxy) is 1. The molecule has 0 spiro atoms. The number of amides is 1. The zero-order valence-corrected chi connectivity index (χ0v) is 15.1. The van der Waals surface area contributed by atoms with E-state index in [1.54, 1.807) is 37.3 Å². The summed E-state index contributed by atoms with van der Waals surface area (Å²) in [5.41, 5.74) is 2.45.